The van der Waals surface area contributed by atoms with Crippen molar-refractivity contribution in [2.45, 2.75) is 51.1 Å². The number of aromatic nitrogens is 1. The zero-order valence-corrected chi connectivity index (χ0v) is 11.4. The lowest BCUT2D eigenvalue weighted by molar-refractivity contribution is 0.0535. The van der Waals surface area contributed by atoms with Crippen molar-refractivity contribution in [2.24, 2.45) is 5.73 Å². The molecule has 0 radical (unpaired) electrons. The third-order valence-corrected chi connectivity index (χ3v) is 4.30. The number of likely N-dealkylation sites (N-methyl/N-ethyl adjacent to an activating group) is 1. The largest absolute Gasteiger partial charge is 0.329 e. The molecule has 1 fully saturated rings. The van der Waals surface area contributed by atoms with Gasteiger partial charge in [0.1, 0.15) is 0 Å². The molecular formula is C15H25N3. The molecule has 1 aromatic heterocycles. The Morgan fingerprint density at radius 2 is 2.06 bits per heavy atom. The first-order valence-corrected chi connectivity index (χ1v) is 7.16. The highest BCUT2D eigenvalue weighted by molar-refractivity contribution is 5.05. The van der Waals surface area contributed by atoms with E-state index < -0.39 is 0 Å². The average Bonchev–Trinajstić information content (AvgIpc) is 2.46. The number of hydrogen-bond acceptors (Lipinski definition) is 3. The van der Waals surface area contributed by atoms with Crippen molar-refractivity contribution in [3.8, 4) is 0 Å². The Hall–Kier alpha value is -0.930. The second-order valence-electron chi connectivity index (χ2n) is 5.32. The molecule has 0 aromatic carbocycles. The second-order valence-corrected chi connectivity index (χ2v) is 5.32. The van der Waals surface area contributed by atoms with E-state index in [1.54, 1.807) is 0 Å². The summed E-state index contributed by atoms with van der Waals surface area (Å²) in [5, 5.41) is 0. The molecule has 0 spiro atoms. The number of nitrogens with two attached hydrogens (primary N) is 1. The summed E-state index contributed by atoms with van der Waals surface area (Å²) in [4.78, 5) is 6.98. The zero-order chi connectivity index (χ0) is 12.8. The van der Waals surface area contributed by atoms with Gasteiger partial charge in [-0.15, -0.1) is 0 Å². The third-order valence-electron chi connectivity index (χ3n) is 4.30. The summed E-state index contributed by atoms with van der Waals surface area (Å²) in [7, 11) is 0. The van der Waals surface area contributed by atoms with Crippen LogP contribution in [0.4, 0.5) is 0 Å². The lowest BCUT2D eigenvalue weighted by Gasteiger charge is -2.45. The van der Waals surface area contributed by atoms with Crippen molar-refractivity contribution >= 4 is 0 Å². The highest BCUT2D eigenvalue weighted by Gasteiger charge is 2.35. The highest BCUT2D eigenvalue weighted by Crippen LogP contribution is 2.33. The molecule has 0 unspecified atom stereocenters. The molecule has 2 N–H and O–H groups in total. The van der Waals surface area contributed by atoms with Crippen LogP contribution in [0.15, 0.2) is 24.4 Å². The minimum absolute atomic E-state index is 0.213. The average molecular weight is 247 g/mol. The van der Waals surface area contributed by atoms with Crippen LogP contribution in [-0.4, -0.2) is 28.5 Å². The summed E-state index contributed by atoms with van der Waals surface area (Å²) < 4.78 is 0. The van der Waals surface area contributed by atoms with Gasteiger partial charge in [-0.05, 0) is 31.5 Å². The molecule has 18 heavy (non-hydrogen) atoms. The topological polar surface area (TPSA) is 42.2 Å². The maximum Gasteiger partial charge on any atom is 0.0544 e. The molecule has 1 aliphatic rings. The molecule has 0 amide bonds. The van der Waals surface area contributed by atoms with Crippen molar-refractivity contribution in [3.63, 3.8) is 0 Å². The summed E-state index contributed by atoms with van der Waals surface area (Å²) in [5.74, 6) is 0. The fourth-order valence-electron chi connectivity index (χ4n) is 3.16. The highest BCUT2D eigenvalue weighted by atomic mass is 15.2. The Kier molecular flexibility index (Phi) is 4.72. The van der Waals surface area contributed by atoms with E-state index in [1.165, 1.54) is 32.1 Å². The van der Waals surface area contributed by atoms with E-state index in [2.05, 4.69) is 28.9 Å². The molecule has 0 aliphatic heterocycles. The van der Waals surface area contributed by atoms with Gasteiger partial charge in [0.2, 0.25) is 0 Å². The first-order chi connectivity index (χ1) is 8.80. The van der Waals surface area contributed by atoms with Crippen LogP contribution < -0.4 is 5.73 Å². The number of nitrogens with zero attached hydrogens (tertiary/aromatic N) is 2. The van der Waals surface area contributed by atoms with E-state index in [1.807, 2.05) is 12.3 Å². The molecule has 1 aromatic rings. The minimum atomic E-state index is 0.213. The van der Waals surface area contributed by atoms with E-state index in [4.69, 9.17) is 5.73 Å². The number of pyridine rings is 1. The van der Waals surface area contributed by atoms with Gasteiger partial charge in [-0.1, -0.05) is 32.3 Å². The van der Waals surface area contributed by atoms with Gasteiger partial charge in [-0.2, -0.15) is 0 Å². The Labute approximate surface area is 110 Å². The van der Waals surface area contributed by atoms with E-state index in [-0.39, 0.29) is 5.54 Å². The summed E-state index contributed by atoms with van der Waals surface area (Å²) in [6, 6.07) is 6.14. The Bertz CT molecular complexity index is 344. The lowest BCUT2D eigenvalue weighted by Crippen LogP contribution is -2.54. The molecule has 100 valence electrons. The normalized spacial score (nSPS) is 19.1. The second kappa shape index (κ2) is 6.30. The summed E-state index contributed by atoms with van der Waals surface area (Å²) >= 11 is 0. The van der Waals surface area contributed by atoms with Gasteiger partial charge in [0.15, 0.2) is 0 Å². The fraction of sp³-hybridized carbons (Fsp3) is 0.667. The van der Waals surface area contributed by atoms with Crippen LogP contribution in [0.25, 0.3) is 0 Å². The van der Waals surface area contributed by atoms with Gasteiger partial charge < -0.3 is 5.73 Å². The number of hydrogen-bond donors (Lipinski definition) is 1. The summed E-state index contributed by atoms with van der Waals surface area (Å²) in [6.07, 6.45) is 8.35. The summed E-state index contributed by atoms with van der Waals surface area (Å²) in [5.41, 5.74) is 7.47. The van der Waals surface area contributed by atoms with Gasteiger partial charge in [0, 0.05) is 24.8 Å². The first kappa shape index (κ1) is 13.5. The van der Waals surface area contributed by atoms with Gasteiger partial charge >= 0.3 is 0 Å². The molecule has 3 heteroatoms. The van der Waals surface area contributed by atoms with Gasteiger partial charge in [0.05, 0.1) is 5.69 Å². The van der Waals surface area contributed by atoms with Crippen LogP contribution in [0.5, 0.6) is 0 Å². The SMILES string of the molecule is CCN(Cc1ccccn1)C1(CN)CCCCC1. The monoisotopic (exact) mass is 247 g/mol. The summed E-state index contributed by atoms with van der Waals surface area (Å²) in [6.45, 7) is 4.98. The van der Waals surface area contributed by atoms with E-state index in [9.17, 15) is 0 Å². The quantitative estimate of drug-likeness (QED) is 0.869. The molecule has 2 rings (SSSR count). The molecule has 1 aliphatic carbocycles. The van der Waals surface area contributed by atoms with Crippen LogP contribution in [0.1, 0.15) is 44.7 Å². The maximum absolute atomic E-state index is 6.11. The van der Waals surface area contributed by atoms with E-state index in [0.29, 0.717) is 0 Å². The van der Waals surface area contributed by atoms with Crippen molar-refractivity contribution < 1.29 is 0 Å². The van der Waals surface area contributed by atoms with Crippen molar-refractivity contribution in [1.29, 1.82) is 0 Å². The lowest BCUT2D eigenvalue weighted by atomic mass is 9.80. The van der Waals surface area contributed by atoms with Crippen LogP contribution in [0.2, 0.25) is 0 Å². The Balaban J connectivity index is 2.11. The smallest absolute Gasteiger partial charge is 0.0544 e. The van der Waals surface area contributed by atoms with Crippen LogP contribution >= 0.6 is 0 Å². The van der Waals surface area contributed by atoms with E-state index >= 15 is 0 Å². The van der Waals surface area contributed by atoms with Crippen LogP contribution in [0, 0.1) is 0 Å². The molecule has 1 heterocycles. The molecule has 1 saturated carbocycles. The molecule has 3 nitrogen and oxygen atoms in total. The standard InChI is InChI=1S/C15H25N3/c1-2-18(12-14-8-4-7-11-17-14)15(13-16)9-5-3-6-10-15/h4,7-8,11H,2-3,5-6,9-10,12-13,16H2,1H3. The zero-order valence-electron chi connectivity index (χ0n) is 11.4. The number of rotatable bonds is 5. The van der Waals surface area contributed by atoms with Gasteiger partial charge in [-0.25, -0.2) is 0 Å². The Morgan fingerprint density at radius 1 is 1.28 bits per heavy atom. The van der Waals surface area contributed by atoms with Gasteiger partial charge in [-0.3, -0.25) is 9.88 Å². The molecule has 0 bridgehead atoms. The van der Waals surface area contributed by atoms with E-state index in [0.717, 1.165) is 25.3 Å². The third kappa shape index (κ3) is 2.90. The maximum atomic E-state index is 6.11. The fourth-order valence-corrected chi connectivity index (χ4v) is 3.16. The van der Waals surface area contributed by atoms with Crippen molar-refractivity contribution in [1.82, 2.24) is 9.88 Å². The predicted octanol–water partition coefficient (Wildman–Crippen LogP) is 2.57. The molecule has 0 atom stereocenters. The van der Waals surface area contributed by atoms with Crippen molar-refractivity contribution in [2.75, 3.05) is 13.1 Å². The predicted molar refractivity (Wildman–Crippen MR) is 75.2 cm³/mol. The molecular weight excluding hydrogens is 222 g/mol. The van der Waals surface area contributed by atoms with Gasteiger partial charge in [0.25, 0.3) is 0 Å². The first-order valence-electron chi connectivity index (χ1n) is 7.16. The van der Waals surface area contributed by atoms with Crippen LogP contribution in [-0.2, 0) is 6.54 Å². The Morgan fingerprint density at radius 3 is 2.61 bits per heavy atom. The van der Waals surface area contributed by atoms with Crippen LogP contribution in [0.3, 0.4) is 0 Å². The minimum Gasteiger partial charge on any atom is -0.329 e. The molecule has 0 saturated heterocycles. The van der Waals surface area contributed by atoms with Crippen molar-refractivity contribution in [3.05, 3.63) is 30.1 Å².